The van der Waals surface area contributed by atoms with Gasteiger partial charge in [-0.05, 0) is 31.5 Å². The second-order valence-electron chi connectivity index (χ2n) is 5.25. The normalized spacial score (nSPS) is 21.0. The van der Waals surface area contributed by atoms with E-state index < -0.39 is 12.0 Å². The zero-order chi connectivity index (χ0) is 15.4. The number of aromatic hydroxyl groups is 1. The highest BCUT2D eigenvalue weighted by atomic mass is 16.5. The largest absolute Gasteiger partial charge is 0.504 e. The van der Waals surface area contributed by atoms with Crippen LogP contribution in [0.3, 0.4) is 0 Å². The zero-order valence-electron chi connectivity index (χ0n) is 12.4. The lowest BCUT2D eigenvalue weighted by Gasteiger charge is -2.36. The summed E-state index contributed by atoms with van der Waals surface area (Å²) in [5.41, 5.74) is 0.623. The van der Waals surface area contributed by atoms with E-state index in [1.54, 1.807) is 12.1 Å². The molecule has 0 aromatic heterocycles. The maximum absolute atomic E-state index is 11.7. The van der Waals surface area contributed by atoms with Gasteiger partial charge in [0.1, 0.15) is 6.04 Å². The molecule has 0 spiro atoms. The number of benzene rings is 1. The van der Waals surface area contributed by atoms with E-state index >= 15 is 0 Å². The van der Waals surface area contributed by atoms with Crippen molar-refractivity contribution < 1.29 is 19.7 Å². The molecule has 2 rings (SSSR count). The molecule has 2 unspecified atom stereocenters. The van der Waals surface area contributed by atoms with Gasteiger partial charge in [0.25, 0.3) is 0 Å². The first kappa shape index (κ1) is 15.6. The van der Waals surface area contributed by atoms with Crippen LogP contribution in [0.5, 0.6) is 11.5 Å². The molecule has 0 radical (unpaired) electrons. The lowest BCUT2D eigenvalue weighted by atomic mass is 10.0. The maximum atomic E-state index is 11.7. The van der Waals surface area contributed by atoms with Crippen LogP contribution in [0.2, 0.25) is 0 Å². The molecule has 1 aromatic rings. The van der Waals surface area contributed by atoms with Crippen LogP contribution in [0.1, 0.15) is 25.5 Å². The van der Waals surface area contributed by atoms with Gasteiger partial charge in [-0.25, -0.2) is 0 Å². The number of nitrogens with zero attached hydrogens (tertiary/aromatic N) is 1. The van der Waals surface area contributed by atoms with E-state index in [1.807, 2.05) is 18.7 Å². The number of hydrogen-bond acceptors (Lipinski definition) is 5. The third-order valence-electron chi connectivity index (χ3n) is 3.60. The molecule has 2 atom stereocenters. The molecule has 6 nitrogen and oxygen atoms in total. The Morgan fingerprint density at radius 1 is 1.57 bits per heavy atom. The minimum Gasteiger partial charge on any atom is -0.504 e. The molecule has 1 fully saturated rings. The number of hydrogen-bond donors (Lipinski definition) is 3. The Hall–Kier alpha value is -1.79. The Morgan fingerprint density at radius 2 is 2.33 bits per heavy atom. The van der Waals surface area contributed by atoms with Crippen LogP contribution in [-0.4, -0.2) is 53.4 Å². The average Bonchev–Trinajstić information content (AvgIpc) is 2.42. The minimum atomic E-state index is -0.891. The second-order valence-corrected chi connectivity index (χ2v) is 5.25. The summed E-state index contributed by atoms with van der Waals surface area (Å²) in [5.74, 6) is -0.542. The van der Waals surface area contributed by atoms with Crippen LogP contribution < -0.4 is 10.1 Å². The Kier molecular flexibility index (Phi) is 5.03. The fourth-order valence-corrected chi connectivity index (χ4v) is 2.68. The molecule has 1 aromatic carbocycles. The number of aliphatic carboxylic acids is 1. The molecule has 116 valence electrons. The summed E-state index contributed by atoms with van der Waals surface area (Å²) < 4.78 is 5.34. The summed E-state index contributed by atoms with van der Waals surface area (Å²) in [6.07, 6.45) is 0. The van der Waals surface area contributed by atoms with Crippen LogP contribution in [0.25, 0.3) is 0 Å². The number of carboxylic acid groups (broad SMARTS) is 1. The van der Waals surface area contributed by atoms with Crippen molar-refractivity contribution in [2.75, 3.05) is 26.2 Å². The Morgan fingerprint density at radius 3 is 2.95 bits per heavy atom. The van der Waals surface area contributed by atoms with Gasteiger partial charge in [0, 0.05) is 25.7 Å². The van der Waals surface area contributed by atoms with E-state index in [0.717, 1.165) is 6.54 Å². The van der Waals surface area contributed by atoms with Crippen molar-refractivity contribution in [1.82, 2.24) is 10.2 Å². The summed E-state index contributed by atoms with van der Waals surface area (Å²) in [6, 6.07) is 4.27. The average molecular weight is 294 g/mol. The highest BCUT2D eigenvalue weighted by Gasteiger charge is 2.30. The van der Waals surface area contributed by atoms with E-state index in [9.17, 15) is 15.0 Å². The van der Waals surface area contributed by atoms with E-state index in [1.165, 1.54) is 6.07 Å². The monoisotopic (exact) mass is 294 g/mol. The predicted molar refractivity (Wildman–Crippen MR) is 78.7 cm³/mol. The lowest BCUT2D eigenvalue weighted by Crippen LogP contribution is -2.51. The van der Waals surface area contributed by atoms with Gasteiger partial charge in [0.2, 0.25) is 0 Å². The lowest BCUT2D eigenvalue weighted by molar-refractivity contribution is -0.144. The van der Waals surface area contributed by atoms with Gasteiger partial charge >= 0.3 is 5.97 Å². The zero-order valence-corrected chi connectivity index (χ0v) is 12.4. The Balaban J connectivity index is 2.29. The minimum absolute atomic E-state index is 0.0263. The number of piperazine rings is 1. The molecular weight excluding hydrogens is 272 g/mol. The molecular formula is C15H22N2O4. The van der Waals surface area contributed by atoms with Crippen molar-refractivity contribution in [3.05, 3.63) is 23.8 Å². The molecule has 0 bridgehead atoms. The van der Waals surface area contributed by atoms with Crippen molar-refractivity contribution in [1.29, 1.82) is 0 Å². The van der Waals surface area contributed by atoms with E-state index in [-0.39, 0.29) is 11.8 Å². The molecule has 0 saturated carbocycles. The fourth-order valence-electron chi connectivity index (χ4n) is 2.68. The molecule has 21 heavy (non-hydrogen) atoms. The van der Waals surface area contributed by atoms with Crippen LogP contribution in [0.15, 0.2) is 18.2 Å². The SMILES string of the molecule is CCOc1cc(C(C(=O)O)N2CCNC(C)C2)ccc1O. The number of carboxylic acids is 1. The molecule has 1 aliphatic heterocycles. The topological polar surface area (TPSA) is 82.0 Å². The third-order valence-corrected chi connectivity index (χ3v) is 3.60. The highest BCUT2D eigenvalue weighted by Crippen LogP contribution is 2.32. The van der Waals surface area contributed by atoms with Crippen LogP contribution in [-0.2, 0) is 4.79 Å². The molecule has 1 saturated heterocycles. The van der Waals surface area contributed by atoms with Gasteiger partial charge in [-0.1, -0.05) is 6.07 Å². The molecule has 1 aliphatic rings. The number of phenolic OH excluding ortho intramolecular Hbond substituents is 1. The van der Waals surface area contributed by atoms with Gasteiger partial charge in [-0.3, -0.25) is 9.69 Å². The Labute approximate surface area is 124 Å². The first-order valence-corrected chi connectivity index (χ1v) is 7.19. The molecule has 0 amide bonds. The van der Waals surface area contributed by atoms with Crippen LogP contribution >= 0.6 is 0 Å². The predicted octanol–water partition coefficient (Wildman–Crippen LogP) is 1.21. The quantitative estimate of drug-likeness (QED) is 0.757. The molecule has 1 heterocycles. The van der Waals surface area contributed by atoms with Gasteiger partial charge in [-0.2, -0.15) is 0 Å². The molecule has 0 aliphatic carbocycles. The van der Waals surface area contributed by atoms with Gasteiger partial charge in [-0.15, -0.1) is 0 Å². The van der Waals surface area contributed by atoms with Gasteiger partial charge < -0.3 is 20.3 Å². The number of carbonyl (C=O) groups is 1. The van der Waals surface area contributed by atoms with Crippen molar-refractivity contribution >= 4 is 5.97 Å². The molecule has 6 heteroatoms. The fraction of sp³-hybridized carbons (Fsp3) is 0.533. The van der Waals surface area contributed by atoms with Crippen LogP contribution in [0.4, 0.5) is 0 Å². The van der Waals surface area contributed by atoms with E-state index in [0.29, 0.717) is 31.0 Å². The van der Waals surface area contributed by atoms with Crippen molar-refractivity contribution in [2.24, 2.45) is 0 Å². The summed E-state index contributed by atoms with van der Waals surface area (Å²) in [4.78, 5) is 13.6. The summed E-state index contributed by atoms with van der Waals surface area (Å²) >= 11 is 0. The van der Waals surface area contributed by atoms with Gasteiger partial charge in [0.15, 0.2) is 11.5 Å². The van der Waals surface area contributed by atoms with Crippen LogP contribution in [0, 0.1) is 0 Å². The number of phenols is 1. The summed E-state index contributed by atoms with van der Waals surface area (Å²) in [5, 5.41) is 22.6. The first-order valence-electron chi connectivity index (χ1n) is 7.19. The Bertz CT molecular complexity index is 506. The number of rotatable bonds is 5. The number of ether oxygens (including phenoxy) is 1. The third kappa shape index (κ3) is 3.65. The molecule has 3 N–H and O–H groups in total. The van der Waals surface area contributed by atoms with E-state index in [2.05, 4.69) is 5.32 Å². The van der Waals surface area contributed by atoms with Crippen molar-refractivity contribution in [3.8, 4) is 11.5 Å². The van der Waals surface area contributed by atoms with Crippen molar-refractivity contribution in [2.45, 2.75) is 25.9 Å². The van der Waals surface area contributed by atoms with Gasteiger partial charge in [0.05, 0.1) is 6.61 Å². The second kappa shape index (κ2) is 6.78. The maximum Gasteiger partial charge on any atom is 0.325 e. The highest BCUT2D eigenvalue weighted by molar-refractivity contribution is 5.76. The number of nitrogens with one attached hydrogen (secondary N) is 1. The van der Waals surface area contributed by atoms with E-state index in [4.69, 9.17) is 4.74 Å². The van der Waals surface area contributed by atoms with Crippen molar-refractivity contribution in [3.63, 3.8) is 0 Å². The summed E-state index contributed by atoms with van der Waals surface area (Å²) in [6.45, 7) is 6.38. The standard InChI is InChI=1S/C15H22N2O4/c1-3-21-13-8-11(4-5-12(13)18)14(15(19)20)17-7-6-16-10(2)9-17/h4-5,8,10,14,16,18H,3,6-7,9H2,1-2H3,(H,19,20). The smallest absolute Gasteiger partial charge is 0.325 e. The first-order chi connectivity index (χ1) is 10.0. The summed E-state index contributed by atoms with van der Waals surface area (Å²) in [7, 11) is 0.